The van der Waals surface area contributed by atoms with Crippen LogP contribution in [0.5, 0.6) is 0 Å². The van der Waals surface area contributed by atoms with E-state index in [1.165, 1.54) is 38.5 Å². The highest BCUT2D eigenvalue weighted by atomic mass is 16.2. The van der Waals surface area contributed by atoms with Crippen molar-refractivity contribution in [3.8, 4) is 0 Å². The Balaban J connectivity index is 1.97. The van der Waals surface area contributed by atoms with Crippen LogP contribution in [0.25, 0.3) is 0 Å². The zero-order chi connectivity index (χ0) is 13.8. The van der Waals surface area contributed by atoms with Gasteiger partial charge >= 0.3 is 0 Å². The highest BCUT2D eigenvalue weighted by Gasteiger charge is 2.36. The largest absolute Gasteiger partial charge is 0.347 e. The molecule has 1 heterocycles. The third kappa shape index (κ3) is 3.50. The summed E-state index contributed by atoms with van der Waals surface area (Å²) in [6, 6.07) is 0.0631. The lowest BCUT2D eigenvalue weighted by atomic mass is 9.68. The van der Waals surface area contributed by atoms with Crippen LogP contribution in [0.15, 0.2) is 0 Å². The zero-order valence-corrected chi connectivity index (χ0v) is 12.8. The van der Waals surface area contributed by atoms with Gasteiger partial charge in [0, 0.05) is 14.1 Å². The van der Waals surface area contributed by atoms with Crippen molar-refractivity contribution in [3.63, 3.8) is 0 Å². The van der Waals surface area contributed by atoms with Gasteiger partial charge in [0.25, 0.3) is 0 Å². The highest BCUT2D eigenvalue weighted by molar-refractivity contribution is 5.81. The fraction of sp³-hybridized carbons (Fsp3) is 0.938. The van der Waals surface area contributed by atoms with Crippen LogP contribution in [0.2, 0.25) is 0 Å². The van der Waals surface area contributed by atoms with Crippen molar-refractivity contribution in [2.24, 2.45) is 17.8 Å². The first-order valence-electron chi connectivity index (χ1n) is 8.08. The van der Waals surface area contributed by atoms with Crippen LogP contribution in [0.4, 0.5) is 0 Å². The quantitative estimate of drug-likeness (QED) is 0.852. The second kappa shape index (κ2) is 6.74. The molecule has 2 rings (SSSR count). The van der Waals surface area contributed by atoms with Gasteiger partial charge in [0.1, 0.15) is 0 Å². The minimum absolute atomic E-state index is 0.0631. The fourth-order valence-electron chi connectivity index (χ4n) is 4.20. The minimum Gasteiger partial charge on any atom is -0.347 e. The second-order valence-electron chi connectivity index (χ2n) is 6.64. The molecule has 0 aromatic rings. The van der Waals surface area contributed by atoms with E-state index in [0.29, 0.717) is 0 Å². The van der Waals surface area contributed by atoms with Crippen LogP contribution in [0.1, 0.15) is 51.9 Å². The van der Waals surface area contributed by atoms with E-state index in [2.05, 4.69) is 12.2 Å². The Morgan fingerprint density at radius 3 is 2.63 bits per heavy atom. The molecule has 3 heteroatoms. The number of carbonyl (C=O) groups excluding carboxylic acids is 1. The molecule has 1 aliphatic heterocycles. The predicted molar refractivity (Wildman–Crippen MR) is 78.9 cm³/mol. The topological polar surface area (TPSA) is 32.3 Å². The summed E-state index contributed by atoms with van der Waals surface area (Å²) in [6.45, 7) is 3.36. The maximum Gasteiger partial charge on any atom is 0.239 e. The Hall–Kier alpha value is -0.570. The van der Waals surface area contributed by atoms with E-state index in [1.807, 2.05) is 14.1 Å². The second-order valence-corrected chi connectivity index (χ2v) is 6.64. The fourth-order valence-corrected chi connectivity index (χ4v) is 4.20. The number of hydrogen-bond acceptors (Lipinski definition) is 2. The van der Waals surface area contributed by atoms with Gasteiger partial charge in [-0.15, -0.1) is 0 Å². The maximum absolute atomic E-state index is 12.1. The average molecular weight is 266 g/mol. The van der Waals surface area contributed by atoms with Gasteiger partial charge in [0.15, 0.2) is 0 Å². The van der Waals surface area contributed by atoms with E-state index >= 15 is 0 Å². The molecule has 19 heavy (non-hydrogen) atoms. The van der Waals surface area contributed by atoms with E-state index in [4.69, 9.17) is 0 Å². The summed E-state index contributed by atoms with van der Waals surface area (Å²) in [5, 5.41) is 3.41. The lowest BCUT2D eigenvalue weighted by molar-refractivity contribution is -0.132. The Morgan fingerprint density at radius 1 is 1.21 bits per heavy atom. The molecule has 4 unspecified atom stereocenters. The van der Waals surface area contributed by atoms with Crippen molar-refractivity contribution in [2.75, 3.05) is 20.6 Å². The molecule has 0 bridgehead atoms. The van der Waals surface area contributed by atoms with Gasteiger partial charge in [-0.1, -0.05) is 32.6 Å². The molecule has 1 amide bonds. The third-order valence-electron chi connectivity index (χ3n) is 5.28. The summed E-state index contributed by atoms with van der Waals surface area (Å²) < 4.78 is 0. The number of amides is 1. The monoisotopic (exact) mass is 266 g/mol. The number of rotatable bonds is 3. The molecule has 1 N–H and O–H groups in total. The standard InChI is InChI=1S/C16H30N2O/c1-4-12-7-5-6-8-14(12)13-9-10-17-15(11-13)16(19)18(2)3/h12-15,17H,4-11H2,1-3H3. The number of hydrogen-bond donors (Lipinski definition) is 1. The van der Waals surface area contributed by atoms with Gasteiger partial charge < -0.3 is 10.2 Å². The number of carbonyl (C=O) groups is 1. The van der Waals surface area contributed by atoms with Gasteiger partial charge in [0.2, 0.25) is 5.91 Å². The molecular weight excluding hydrogens is 236 g/mol. The number of piperidine rings is 1. The first-order valence-corrected chi connectivity index (χ1v) is 8.08. The molecule has 1 saturated carbocycles. The van der Waals surface area contributed by atoms with E-state index < -0.39 is 0 Å². The van der Waals surface area contributed by atoms with Crippen LogP contribution in [-0.2, 0) is 4.79 Å². The van der Waals surface area contributed by atoms with Crippen LogP contribution >= 0.6 is 0 Å². The van der Waals surface area contributed by atoms with Crippen LogP contribution in [-0.4, -0.2) is 37.5 Å². The first kappa shape index (κ1) is 14.8. The summed E-state index contributed by atoms with van der Waals surface area (Å²) in [6.07, 6.45) is 9.26. The van der Waals surface area contributed by atoms with Crippen molar-refractivity contribution in [1.29, 1.82) is 0 Å². The lowest BCUT2D eigenvalue weighted by Gasteiger charge is -2.41. The molecule has 1 aliphatic carbocycles. The lowest BCUT2D eigenvalue weighted by Crippen LogP contribution is -2.50. The molecule has 0 radical (unpaired) electrons. The molecule has 3 nitrogen and oxygen atoms in total. The van der Waals surface area contributed by atoms with Gasteiger partial charge in [-0.05, 0) is 43.6 Å². The van der Waals surface area contributed by atoms with Crippen molar-refractivity contribution in [3.05, 3.63) is 0 Å². The Labute approximate surface area is 118 Å². The molecule has 2 aliphatic rings. The van der Waals surface area contributed by atoms with Gasteiger partial charge in [-0.3, -0.25) is 4.79 Å². The molecule has 0 spiro atoms. The summed E-state index contributed by atoms with van der Waals surface area (Å²) in [5.74, 6) is 2.80. The van der Waals surface area contributed by atoms with Crippen molar-refractivity contribution in [2.45, 2.75) is 57.9 Å². The molecule has 1 saturated heterocycles. The first-order chi connectivity index (χ1) is 9.13. The molecular formula is C16H30N2O. The molecule has 0 aromatic heterocycles. The molecule has 4 atom stereocenters. The van der Waals surface area contributed by atoms with Gasteiger partial charge in [-0.25, -0.2) is 0 Å². The number of nitrogens with zero attached hydrogens (tertiary/aromatic N) is 1. The molecule has 110 valence electrons. The minimum atomic E-state index is 0.0631. The van der Waals surface area contributed by atoms with Gasteiger partial charge in [0.05, 0.1) is 6.04 Å². The van der Waals surface area contributed by atoms with Crippen molar-refractivity contribution in [1.82, 2.24) is 10.2 Å². The predicted octanol–water partition coefficient (Wildman–Crippen LogP) is 2.66. The van der Waals surface area contributed by atoms with Crippen molar-refractivity contribution >= 4 is 5.91 Å². The van der Waals surface area contributed by atoms with Crippen LogP contribution in [0.3, 0.4) is 0 Å². The summed E-state index contributed by atoms with van der Waals surface area (Å²) in [7, 11) is 3.73. The van der Waals surface area contributed by atoms with Crippen molar-refractivity contribution < 1.29 is 4.79 Å². The smallest absolute Gasteiger partial charge is 0.239 e. The average Bonchev–Trinajstić information content (AvgIpc) is 2.46. The van der Waals surface area contributed by atoms with E-state index in [1.54, 1.807) is 4.90 Å². The van der Waals surface area contributed by atoms with Crippen LogP contribution in [0, 0.1) is 17.8 Å². The summed E-state index contributed by atoms with van der Waals surface area (Å²) >= 11 is 0. The van der Waals surface area contributed by atoms with E-state index in [-0.39, 0.29) is 11.9 Å². The highest BCUT2D eigenvalue weighted by Crippen LogP contribution is 2.41. The third-order valence-corrected chi connectivity index (χ3v) is 5.28. The summed E-state index contributed by atoms with van der Waals surface area (Å²) in [4.78, 5) is 13.9. The Bertz CT molecular complexity index is 303. The van der Waals surface area contributed by atoms with E-state index in [0.717, 1.165) is 30.7 Å². The normalized spacial score (nSPS) is 35.9. The number of likely N-dealkylation sites (N-methyl/N-ethyl adjacent to an activating group) is 1. The maximum atomic E-state index is 12.1. The molecule has 2 fully saturated rings. The van der Waals surface area contributed by atoms with Gasteiger partial charge in [-0.2, -0.15) is 0 Å². The zero-order valence-electron chi connectivity index (χ0n) is 12.8. The Kier molecular flexibility index (Phi) is 5.26. The van der Waals surface area contributed by atoms with Crippen LogP contribution < -0.4 is 5.32 Å². The summed E-state index contributed by atoms with van der Waals surface area (Å²) in [5.41, 5.74) is 0. The Morgan fingerprint density at radius 2 is 1.95 bits per heavy atom. The van der Waals surface area contributed by atoms with E-state index in [9.17, 15) is 4.79 Å². The SMILES string of the molecule is CCC1CCCCC1C1CCNC(C(=O)N(C)C)C1. The number of nitrogens with one attached hydrogen (secondary N) is 1. The molecule has 0 aromatic carbocycles.